The summed E-state index contributed by atoms with van der Waals surface area (Å²) in [5.41, 5.74) is 0. The van der Waals surface area contributed by atoms with Crippen molar-refractivity contribution >= 4 is 33.6 Å². The van der Waals surface area contributed by atoms with Crippen LogP contribution in [0.25, 0.3) is 0 Å². The molecule has 2 amide bonds. The second-order valence-electron chi connectivity index (χ2n) is 4.22. The lowest BCUT2D eigenvalue weighted by molar-refractivity contribution is -0.125. The van der Waals surface area contributed by atoms with E-state index in [9.17, 15) is 9.59 Å². The third kappa shape index (κ3) is 4.17. The first-order valence-electron chi connectivity index (χ1n) is 6.05. The smallest absolute Gasteiger partial charge is 0.249 e. The number of rotatable bonds is 3. The topological polar surface area (TPSA) is 62.3 Å². The van der Waals surface area contributed by atoms with Gasteiger partial charge in [-0.1, -0.05) is 0 Å². The van der Waals surface area contributed by atoms with E-state index in [4.69, 9.17) is 0 Å². The zero-order valence-electron chi connectivity index (χ0n) is 10.3. The highest BCUT2D eigenvalue weighted by molar-refractivity contribution is 9.10. The molecule has 2 rings (SSSR count). The normalized spacial score (nSPS) is 14.9. The van der Waals surface area contributed by atoms with Crippen molar-refractivity contribution in [3.63, 3.8) is 0 Å². The molecule has 2 heterocycles. The van der Waals surface area contributed by atoms with Crippen LogP contribution in [0.4, 0.5) is 5.82 Å². The number of halogens is 1. The summed E-state index contributed by atoms with van der Waals surface area (Å²) in [5.74, 6) is -0.0229. The number of likely N-dealkylation sites (tertiary alicyclic amines) is 1. The Balaban J connectivity index is 1.86. The van der Waals surface area contributed by atoms with Gasteiger partial charge in [0.15, 0.2) is 0 Å². The molecule has 19 heavy (non-hydrogen) atoms. The fourth-order valence-corrected chi connectivity index (χ4v) is 2.04. The van der Waals surface area contributed by atoms with Gasteiger partial charge in [0.2, 0.25) is 11.8 Å². The van der Waals surface area contributed by atoms with Crippen LogP contribution >= 0.6 is 15.9 Å². The van der Waals surface area contributed by atoms with E-state index < -0.39 is 0 Å². The number of amides is 2. The molecule has 0 bridgehead atoms. The summed E-state index contributed by atoms with van der Waals surface area (Å²) in [6, 6.07) is 3.46. The van der Waals surface area contributed by atoms with Crippen LogP contribution in [0.5, 0.6) is 0 Å². The maximum Gasteiger partial charge on any atom is 0.249 e. The Labute approximate surface area is 119 Å². The van der Waals surface area contributed by atoms with Gasteiger partial charge in [0.1, 0.15) is 5.82 Å². The average Bonchev–Trinajstić information content (AvgIpc) is 2.93. The third-order valence-corrected chi connectivity index (χ3v) is 3.24. The van der Waals surface area contributed by atoms with Crippen LogP contribution in [0, 0.1) is 0 Å². The Bertz CT molecular complexity index is 493. The number of anilines is 1. The Hall–Kier alpha value is -1.69. The van der Waals surface area contributed by atoms with Crippen molar-refractivity contribution in [1.82, 2.24) is 9.88 Å². The van der Waals surface area contributed by atoms with Crippen molar-refractivity contribution in [1.29, 1.82) is 0 Å². The number of nitrogens with zero attached hydrogens (tertiary/aromatic N) is 2. The summed E-state index contributed by atoms with van der Waals surface area (Å²) < 4.78 is 0.838. The van der Waals surface area contributed by atoms with E-state index in [1.54, 1.807) is 23.2 Å². The average molecular weight is 324 g/mol. The minimum atomic E-state index is -0.359. The van der Waals surface area contributed by atoms with Gasteiger partial charge in [0, 0.05) is 35.9 Å². The van der Waals surface area contributed by atoms with E-state index in [-0.39, 0.29) is 11.8 Å². The maximum atomic E-state index is 11.7. The molecule has 1 saturated heterocycles. The van der Waals surface area contributed by atoms with Crippen molar-refractivity contribution in [2.75, 3.05) is 18.4 Å². The second kappa shape index (κ2) is 6.47. The molecule has 1 N–H and O–H groups in total. The summed E-state index contributed by atoms with van der Waals surface area (Å²) in [6.07, 6.45) is 6.21. The minimum Gasteiger partial charge on any atom is -0.339 e. The van der Waals surface area contributed by atoms with Gasteiger partial charge in [0.25, 0.3) is 0 Å². The lowest BCUT2D eigenvalue weighted by Gasteiger charge is -2.11. The molecule has 1 fully saturated rings. The van der Waals surface area contributed by atoms with Gasteiger partial charge in [-0.05, 0) is 40.9 Å². The summed E-state index contributed by atoms with van der Waals surface area (Å²) >= 11 is 3.26. The van der Waals surface area contributed by atoms with Gasteiger partial charge in [-0.2, -0.15) is 0 Å². The maximum absolute atomic E-state index is 11.7. The summed E-state index contributed by atoms with van der Waals surface area (Å²) in [7, 11) is 0. The summed E-state index contributed by atoms with van der Waals surface area (Å²) in [4.78, 5) is 29.0. The number of hydrogen-bond donors (Lipinski definition) is 1. The van der Waals surface area contributed by atoms with Gasteiger partial charge in [-0.3, -0.25) is 9.59 Å². The van der Waals surface area contributed by atoms with E-state index in [1.165, 1.54) is 12.2 Å². The van der Waals surface area contributed by atoms with Gasteiger partial charge in [-0.15, -0.1) is 0 Å². The van der Waals surface area contributed by atoms with Crippen molar-refractivity contribution in [3.8, 4) is 0 Å². The van der Waals surface area contributed by atoms with Crippen molar-refractivity contribution in [3.05, 3.63) is 35.0 Å². The first-order valence-corrected chi connectivity index (χ1v) is 6.84. The number of carbonyl (C=O) groups excluding carboxylic acids is 2. The van der Waals surface area contributed by atoms with E-state index in [0.29, 0.717) is 5.82 Å². The van der Waals surface area contributed by atoms with Gasteiger partial charge in [-0.25, -0.2) is 4.98 Å². The standard InChI is InChI=1S/C13H14BrN3O2/c14-10-3-4-11(15-9-10)16-12(18)5-6-13(19)17-7-1-2-8-17/h3-6,9H,1-2,7-8H2,(H,15,16,18). The largest absolute Gasteiger partial charge is 0.339 e. The predicted octanol–water partition coefficient (Wildman–Crippen LogP) is 1.96. The van der Waals surface area contributed by atoms with E-state index in [2.05, 4.69) is 26.2 Å². The van der Waals surface area contributed by atoms with Crippen LogP contribution in [0.3, 0.4) is 0 Å². The molecule has 5 nitrogen and oxygen atoms in total. The van der Waals surface area contributed by atoms with Crippen LogP contribution in [0.2, 0.25) is 0 Å². The lowest BCUT2D eigenvalue weighted by Crippen LogP contribution is -2.26. The van der Waals surface area contributed by atoms with Gasteiger partial charge >= 0.3 is 0 Å². The number of carbonyl (C=O) groups is 2. The first-order chi connectivity index (χ1) is 9.15. The predicted molar refractivity (Wildman–Crippen MR) is 75.5 cm³/mol. The van der Waals surface area contributed by atoms with Crippen molar-refractivity contribution in [2.24, 2.45) is 0 Å². The zero-order valence-corrected chi connectivity index (χ0v) is 11.9. The third-order valence-electron chi connectivity index (χ3n) is 2.77. The molecule has 0 atom stereocenters. The molecule has 0 aliphatic carbocycles. The van der Waals surface area contributed by atoms with Crippen molar-refractivity contribution < 1.29 is 9.59 Å². The molecule has 6 heteroatoms. The van der Waals surface area contributed by atoms with Crippen LogP contribution < -0.4 is 5.32 Å². The fraction of sp³-hybridized carbons (Fsp3) is 0.308. The quantitative estimate of drug-likeness (QED) is 0.865. The molecule has 0 unspecified atom stereocenters. The SMILES string of the molecule is O=C(C=CC(=O)N1CCCC1)Nc1ccc(Br)cn1. The Morgan fingerprint density at radius 3 is 2.63 bits per heavy atom. The van der Waals surface area contributed by atoms with Crippen LogP contribution in [0.15, 0.2) is 35.0 Å². The van der Waals surface area contributed by atoms with E-state index in [0.717, 1.165) is 30.4 Å². The highest BCUT2D eigenvalue weighted by atomic mass is 79.9. The molecule has 0 spiro atoms. The van der Waals surface area contributed by atoms with Gasteiger partial charge < -0.3 is 10.2 Å². The fourth-order valence-electron chi connectivity index (χ4n) is 1.81. The van der Waals surface area contributed by atoms with Crippen molar-refractivity contribution in [2.45, 2.75) is 12.8 Å². The number of hydrogen-bond acceptors (Lipinski definition) is 3. The molecule has 0 radical (unpaired) electrons. The number of pyridine rings is 1. The molecule has 1 aromatic rings. The molecule has 0 aromatic carbocycles. The summed E-state index contributed by atoms with van der Waals surface area (Å²) in [5, 5.41) is 2.59. The van der Waals surface area contributed by atoms with E-state index in [1.807, 2.05) is 0 Å². The molecular weight excluding hydrogens is 310 g/mol. The van der Waals surface area contributed by atoms with Crippen LogP contribution in [-0.4, -0.2) is 34.8 Å². The monoisotopic (exact) mass is 323 g/mol. The Morgan fingerprint density at radius 1 is 1.26 bits per heavy atom. The molecule has 1 aromatic heterocycles. The molecule has 100 valence electrons. The Morgan fingerprint density at radius 2 is 2.00 bits per heavy atom. The van der Waals surface area contributed by atoms with Crippen LogP contribution in [-0.2, 0) is 9.59 Å². The second-order valence-corrected chi connectivity index (χ2v) is 5.13. The molecule has 0 saturated carbocycles. The minimum absolute atomic E-state index is 0.114. The first kappa shape index (κ1) is 13.7. The zero-order chi connectivity index (χ0) is 13.7. The number of aromatic nitrogens is 1. The lowest BCUT2D eigenvalue weighted by atomic mass is 10.4. The Kier molecular flexibility index (Phi) is 4.68. The highest BCUT2D eigenvalue weighted by Gasteiger charge is 2.15. The molecule has 1 aliphatic heterocycles. The molecular formula is C13H14BrN3O2. The molecule has 1 aliphatic rings. The van der Waals surface area contributed by atoms with E-state index >= 15 is 0 Å². The van der Waals surface area contributed by atoms with Crippen LogP contribution in [0.1, 0.15) is 12.8 Å². The number of nitrogens with one attached hydrogen (secondary N) is 1. The highest BCUT2D eigenvalue weighted by Crippen LogP contribution is 2.10. The van der Waals surface area contributed by atoms with Gasteiger partial charge in [0.05, 0.1) is 0 Å². The summed E-state index contributed by atoms with van der Waals surface area (Å²) in [6.45, 7) is 1.55.